The van der Waals surface area contributed by atoms with Gasteiger partial charge in [0.05, 0.1) is 15.0 Å². The normalized spacial score (nSPS) is 21.3. The third-order valence-electron chi connectivity index (χ3n) is 5.35. The number of sulfonamides is 1. The lowest BCUT2D eigenvalue weighted by Gasteiger charge is -2.34. The van der Waals surface area contributed by atoms with Crippen molar-refractivity contribution in [1.29, 1.82) is 0 Å². The molecule has 1 saturated heterocycles. The van der Waals surface area contributed by atoms with Crippen LogP contribution in [0.5, 0.6) is 5.19 Å². The van der Waals surface area contributed by atoms with Crippen LogP contribution < -0.4 is 4.74 Å². The molecule has 0 N–H and O–H groups in total. The highest BCUT2D eigenvalue weighted by Gasteiger charge is 2.35. The summed E-state index contributed by atoms with van der Waals surface area (Å²) in [6.45, 7) is 1.07. The fourth-order valence-corrected chi connectivity index (χ4v) is 7.12. The van der Waals surface area contributed by atoms with Crippen LogP contribution in [-0.4, -0.2) is 42.2 Å². The number of benzene rings is 1. The maximum atomic E-state index is 12.8. The number of rotatable bonds is 4. The monoisotopic (exact) mass is 414 g/mol. The van der Waals surface area contributed by atoms with E-state index in [1.165, 1.54) is 11.3 Å². The van der Waals surface area contributed by atoms with Crippen LogP contribution in [0.3, 0.4) is 0 Å². The molecule has 4 rings (SSSR count). The van der Waals surface area contributed by atoms with Gasteiger partial charge in [-0.15, -0.1) is 0 Å². The topological polar surface area (TPSA) is 59.5 Å². The number of piperidine rings is 1. The van der Waals surface area contributed by atoms with E-state index in [4.69, 9.17) is 16.3 Å². The number of thiazole rings is 1. The van der Waals surface area contributed by atoms with E-state index in [1.807, 2.05) is 18.2 Å². The molecule has 8 heteroatoms. The predicted octanol–water partition coefficient (Wildman–Crippen LogP) is 4.46. The number of fused-ring (bicyclic) bond motifs is 1. The Morgan fingerprint density at radius 3 is 2.54 bits per heavy atom. The Morgan fingerprint density at radius 1 is 1.12 bits per heavy atom. The molecule has 2 fully saturated rings. The van der Waals surface area contributed by atoms with Crippen LogP contribution in [0, 0.1) is 0 Å². The predicted molar refractivity (Wildman–Crippen MR) is 106 cm³/mol. The minimum atomic E-state index is -3.16. The summed E-state index contributed by atoms with van der Waals surface area (Å²) in [7, 11) is -3.16. The van der Waals surface area contributed by atoms with Crippen molar-refractivity contribution < 1.29 is 13.2 Å². The molecule has 1 aromatic heterocycles. The second kappa shape index (κ2) is 7.62. The van der Waals surface area contributed by atoms with Crippen molar-refractivity contribution in [3.63, 3.8) is 0 Å². The van der Waals surface area contributed by atoms with E-state index >= 15 is 0 Å². The standard InChI is InChI=1S/C18H23ClN2O3S2/c19-15-7-4-8-16-17(15)20-18(25-16)24-13-9-11-21(12-10-13)26(22,23)14-5-2-1-3-6-14/h4,7-8,13-14H,1-3,5-6,9-12H2. The van der Waals surface area contributed by atoms with E-state index in [0.29, 0.717) is 36.1 Å². The Kier molecular flexibility index (Phi) is 5.41. The fourth-order valence-electron chi connectivity index (χ4n) is 3.87. The average molecular weight is 415 g/mol. The van der Waals surface area contributed by atoms with Crippen molar-refractivity contribution >= 4 is 43.2 Å². The summed E-state index contributed by atoms with van der Waals surface area (Å²) >= 11 is 7.66. The van der Waals surface area contributed by atoms with Gasteiger partial charge in [-0.3, -0.25) is 0 Å². The van der Waals surface area contributed by atoms with E-state index in [0.717, 1.165) is 42.3 Å². The SMILES string of the molecule is O=S(=O)(C1CCCCC1)N1CCC(Oc2nc3c(Cl)cccc3s2)CC1. The van der Waals surface area contributed by atoms with Gasteiger partial charge in [0.25, 0.3) is 5.19 Å². The maximum Gasteiger partial charge on any atom is 0.274 e. The number of hydrogen-bond acceptors (Lipinski definition) is 5. The van der Waals surface area contributed by atoms with Crippen LogP contribution in [0.2, 0.25) is 5.02 Å². The first-order chi connectivity index (χ1) is 12.5. The smallest absolute Gasteiger partial charge is 0.274 e. The quantitative estimate of drug-likeness (QED) is 0.741. The second-order valence-electron chi connectivity index (χ2n) is 7.09. The van der Waals surface area contributed by atoms with Crippen molar-refractivity contribution in [3.05, 3.63) is 23.2 Å². The Bertz CT molecular complexity index is 870. The average Bonchev–Trinajstić information content (AvgIpc) is 3.07. The summed E-state index contributed by atoms with van der Waals surface area (Å²) in [6, 6.07) is 5.70. The number of ether oxygens (including phenoxy) is 1. The summed E-state index contributed by atoms with van der Waals surface area (Å²) < 4.78 is 34.4. The molecule has 0 bridgehead atoms. The molecule has 2 aliphatic rings. The summed E-state index contributed by atoms with van der Waals surface area (Å²) in [4.78, 5) is 4.48. The van der Waals surface area contributed by atoms with Crippen LogP contribution in [0.25, 0.3) is 10.2 Å². The lowest BCUT2D eigenvalue weighted by molar-refractivity contribution is 0.134. The molecule has 0 spiro atoms. The Labute approximate surface area is 163 Å². The number of nitrogens with zero attached hydrogens (tertiary/aromatic N) is 2. The molecule has 0 atom stereocenters. The van der Waals surface area contributed by atoms with E-state index in [2.05, 4.69) is 4.98 Å². The zero-order valence-corrected chi connectivity index (χ0v) is 17.0. The van der Waals surface area contributed by atoms with Crippen LogP contribution in [0.15, 0.2) is 18.2 Å². The molecular formula is C18H23ClN2O3S2. The van der Waals surface area contributed by atoms with Crippen LogP contribution in [0.1, 0.15) is 44.9 Å². The van der Waals surface area contributed by atoms with Crippen LogP contribution >= 0.6 is 22.9 Å². The molecule has 1 aromatic carbocycles. The molecule has 0 radical (unpaired) electrons. The van der Waals surface area contributed by atoms with E-state index in [-0.39, 0.29) is 11.4 Å². The molecule has 2 aromatic rings. The number of para-hydroxylation sites is 1. The van der Waals surface area contributed by atoms with Crippen molar-refractivity contribution in [3.8, 4) is 5.19 Å². The third kappa shape index (κ3) is 3.72. The first-order valence-electron chi connectivity index (χ1n) is 9.25. The Morgan fingerprint density at radius 2 is 1.85 bits per heavy atom. The Hall–Kier alpha value is -0.890. The van der Waals surface area contributed by atoms with E-state index in [9.17, 15) is 8.42 Å². The van der Waals surface area contributed by atoms with Crippen molar-refractivity contribution in [2.45, 2.75) is 56.3 Å². The molecule has 142 valence electrons. The minimum absolute atomic E-state index is 0.00661. The third-order valence-corrected chi connectivity index (χ3v) is 8.97. The minimum Gasteiger partial charge on any atom is -0.467 e. The van der Waals surface area contributed by atoms with Gasteiger partial charge in [-0.25, -0.2) is 17.7 Å². The highest BCUT2D eigenvalue weighted by molar-refractivity contribution is 7.89. The van der Waals surface area contributed by atoms with Crippen molar-refractivity contribution in [2.75, 3.05) is 13.1 Å². The van der Waals surface area contributed by atoms with Gasteiger partial charge in [0.1, 0.15) is 11.6 Å². The van der Waals surface area contributed by atoms with E-state index in [1.54, 1.807) is 4.31 Å². The van der Waals surface area contributed by atoms with Crippen LogP contribution in [0.4, 0.5) is 0 Å². The number of hydrogen-bond donors (Lipinski definition) is 0. The van der Waals surface area contributed by atoms with Gasteiger partial charge >= 0.3 is 0 Å². The van der Waals surface area contributed by atoms with Crippen molar-refractivity contribution in [1.82, 2.24) is 9.29 Å². The molecular weight excluding hydrogens is 392 g/mol. The van der Waals surface area contributed by atoms with Gasteiger partial charge < -0.3 is 4.74 Å². The molecule has 1 saturated carbocycles. The lowest BCUT2D eigenvalue weighted by Crippen LogP contribution is -2.46. The summed E-state index contributed by atoms with van der Waals surface area (Å²) in [5.41, 5.74) is 0.770. The Balaban J connectivity index is 1.38. The van der Waals surface area contributed by atoms with Gasteiger partial charge in [0, 0.05) is 13.1 Å². The summed E-state index contributed by atoms with van der Waals surface area (Å²) in [5, 5.41) is 1.06. The molecule has 26 heavy (non-hydrogen) atoms. The molecule has 0 unspecified atom stereocenters. The number of halogens is 1. The van der Waals surface area contributed by atoms with Gasteiger partial charge in [0.15, 0.2) is 0 Å². The largest absolute Gasteiger partial charge is 0.467 e. The lowest BCUT2D eigenvalue weighted by atomic mass is 10.0. The molecule has 2 heterocycles. The molecule has 5 nitrogen and oxygen atoms in total. The molecule has 0 amide bonds. The van der Waals surface area contributed by atoms with Gasteiger partial charge in [0.2, 0.25) is 10.0 Å². The summed E-state index contributed by atoms with van der Waals surface area (Å²) in [5.74, 6) is 0. The fraction of sp³-hybridized carbons (Fsp3) is 0.611. The van der Waals surface area contributed by atoms with E-state index < -0.39 is 10.0 Å². The zero-order chi connectivity index (χ0) is 18.1. The highest BCUT2D eigenvalue weighted by atomic mass is 35.5. The van der Waals surface area contributed by atoms with Crippen LogP contribution in [-0.2, 0) is 10.0 Å². The summed E-state index contributed by atoms with van der Waals surface area (Å²) in [6.07, 6.45) is 6.26. The molecule has 1 aliphatic carbocycles. The van der Waals surface area contributed by atoms with Gasteiger partial charge in [-0.05, 0) is 37.8 Å². The van der Waals surface area contributed by atoms with Crippen molar-refractivity contribution in [2.24, 2.45) is 0 Å². The first kappa shape index (κ1) is 18.5. The van der Waals surface area contributed by atoms with Gasteiger partial charge in [-0.1, -0.05) is 48.3 Å². The first-order valence-corrected chi connectivity index (χ1v) is 11.9. The maximum absolute atomic E-state index is 12.8. The molecule has 1 aliphatic heterocycles. The van der Waals surface area contributed by atoms with Gasteiger partial charge in [-0.2, -0.15) is 0 Å². The second-order valence-corrected chi connectivity index (χ2v) is 10.7. The number of aromatic nitrogens is 1. The zero-order valence-electron chi connectivity index (χ0n) is 14.6. The highest BCUT2D eigenvalue weighted by Crippen LogP contribution is 2.34.